The normalized spacial score (nSPS) is 38.0. The highest BCUT2D eigenvalue weighted by Gasteiger charge is 2.41. The minimum Gasteiger partial charge on any atom is -0.372 e. The van der Waals surface area contributed by atoms with Crippen molar-refractivity contribution in [3.63, 3.8) is 0 Å². The zero-order valence-corrected chi connectivity index (χ0v) is 16.4. The number of morpholine rings is 1. The number of nitrogens with zero attached hydrogens (tertiary/aromatic N) is 2. The fourth-order valence-electron chi connectivity index (χ4n) is 5.97. The van der Waals surface area contributed by atoms with E-state index >= 15 is 0 Å². The van der Waals surface area contributed by atoms with Crippen LogP contribution in [0, 0.1) is 23.7 Å². The molecule has 2 aliphatic heterocycles. The van der Waals surface area contributed by atoms with Gasteiger partial charge in [0.15, 0.2) is 0 Å². The van der Waals surface area contributed by atoms with E-state index in [2.05, 4.69) is 0 Å². The van der Waals surface area contributed by atoms with Crippen LogP contribution in [-0.4, -0.2) is 60.0 Å². The molecule has 2 heterocycles. The van der Waals surface area contributed by atoms with Crippen LogP contribution in [0.1, 0.15) is 58.8 Å². The molecule has 0 aromatic rings. The van der Waals surface area contributed by atoms with E-state index in [1.165, 1.54) is 25.7 Å². The number of rotatable bonds is 3. The number of likely N-dealkylation sites (tertiary alicyclic amines) is 1. The summed E-state index contributed by atoms with van der Waals surface area (Å²) in [6.07, 6.45) is 8.00. The minimum atomic E-state index is 0.0824. The Morgan fingerprint density at radius 1 is 0.923 bits per heavy atom. The molecule has 5 heteroatoms. The molecule has 0 aromatic heterocycles. The fourth-order valence-corrected chi connectivity index (χ4v) is 5.97. The Balaban J connectivity index is 1.24. The highest BCUT2D eigenvalue weighted by atomic mass is 16.5. The summed E-state index contributed by atoms with van der Waals surface area (Å²) in [5, 5.41) is 0. The molecule has 5 atom stereocenters. The molecule has 4 fully saturated rings. The Labute approximate surface area is 157 Å². The highest BCUT2D eigenvalue weighted by Crippen LogP contribution is 2.49. The number of carbonyl (C=O) groups excluding carboxylic acids is 2. The predicted octanol–water partition coefficient (Wildman–Crippen LogP) is 2.69. The molecule has 0 N–H and O–H groups in total. The van der Waals surface area contributed by atoms with E-state index in [9.17, 15) is 9.59 Å². The molecule has 2 saturated heterocycles. The second-order valence-electron chi connectivity index (χ2n) is 9.29. The first kappa shape index (κ1) is 18.3. The molecule has 5 unspecified atom stereocenters. The van der Waals surface area contributed by atoms with Gasteiger partial charge >= 0.3 is 0 Å². The molecule has 4 aliphatic rings. The monoisotopic (exact) mass is 362 g/mol. The number of hydrogen-bond donors (Lipinski definition) is 0. The third-order valence-electron chi connectivity index (χ3n) is 7.25. The molecule has 146 valence electrons. The van der Waals surface area contributed by atoms with E-state index in [0.717, 1.165) is 44.2 Å². The maximum absolute atomic E-state index is 12.9. The van der Waals surface area contributed by atoms with E-state index in [-0.39, 0.29) is 24.0 Å². The Morgan fingerprint density at radius 3 is 2.19 bits per heavy atom. The zero-order valence-electron chi connectivity index (χ0n) is 16.4. The van der Waals surface area contributed by atoms with Gasteiger partial charge in [-0.1, -0.05) is 6.42 Å². The average molecular weight is 363 g/mol. The van der Waals surface area contributed by atoms with Gasteiger partial charge in [0.05, 0.1) is 12.2 Å². The summed E-state index contributed by atoms with van der Waals surface area (Å²) >= 11 is 0. The number of amides is 2. The van der Waals surface area contributed by atoms with Gasteiger partial charge in [0.2, 0.25) is 11.8 Å². The third kappa shape index (κ3) is 3.78. The molecule has 0 aromatic carbocycles. The second-order valence-corrected chi connectivity index (χ2v) is 9.29. The molecule has 0 spiro atoms. The molecular formula is C21H34N2O3. The number of piperidine rings is 1. The van der Waals surface area contributed by atoms with Gasteiger partial charge < -0.3 is 14.5 Å². The van der Waals surface area contributed by atoms with Gasteiger partial charge in [-0.2, -0.15) is 0 Å². The summed E-state index contributed by atoms with van der Waals surface area (Å²) < 4.78 is 5.74. The number of carbonyl (C=O) groups is 2. The van der Waals surface area contributed by atoms with Crippen molar-refractivity contribution >= 4 is 11.8 Å². The van der Waals surface area contributed by atoms with Crippen LogP contribution in [0.5, 0.6) is 0 Å². The number of fused-ring (bicyclic) bond motifs is 2. The minimum absolute atomic E-state index is 0.0824. The van der Waals surface area contributed by atoms with Crippen LogP contribution >= 0.6 is 0 Å². The van der Waals surface area contributed by atoms with Crippen LogP contribution in [0.25, 0.3) is 0 Å². The molecular weight excluding hydrogens is 328 g/mol. The van der Waals surface area contributed by atoms with Crippen molar-refractivity contribution in [1.29, 1.82) is 0 Å². The van der Waals surface area contributed by atoms with E-state index in [1.54, 1.807) is 0 Å². The summed E-state index contributed by atoms with van der Waals surface area (Å²) in [6, 6.07) is 0. The quantitative estimate of drug-likeness (QED) is 0.776. The van der Waals surface area contributed by atoms with Crippen LogP contribution in [0.3, 0.4) is 0 Å². The van der Waals surface area contributed by atoms with E-state index in [4.69, 9.17) is 4.74 Å². The Bertz CT molecular complexity index is 533. The van der Waals surface area contributed by atoms with Gasteiger partial charge in [-0.3, -0.25) is 9.59 Å². The summed E-state index contributed by atoms with van der Waals surface area (Å²) in [5.41, 5.74) is 0. The number of hydrogen-bond acceptors (Lipinski definition) is 3. The van der Waals surface area contributed by atoms with Crippen molar-refractivity contribution in [2.45, 2.75) is 71.0 Å². The van der Waals surface area contributed by atoms with Crippen molar-refractivity contribution in [2.24, 2.45) is 23.7 Å². The Morgan fingerprint density at radius 2 is 1.62 bits per heavy atom. The van der Waals surface area contributed by atoms with Crippen LogP contribution in [0.15, 0.2) is 0 Å². The lowest BCUT2D eigenvalue weighted by Gasteiger charge is -2.39. The standard InChI is InChI=1S/C21H34N2O3/c1-14-12-23(13-15(2)26-14)21(25)17-5-7-22(8-6-17)20(24)11-19-10-16-3-4-18(19)9-16/h14-19H,3-13H2,1-2H3. The molecule has 2 aliphatic carbocycles. The highest BCUT2D eigenvalue weighted by molar-refractivity contribution is 5.80. The first-order valence-electron chi connectivity index (χ1n) is 10.7. The summed E-state index contributed by atoms with van der Waals surface area (Å²) in [5.74, 6) is 3.04. The van der Waals surface area contributed by atoms with Crippen LogP contribution in [-0.2, 0) is 14.3 Å². The third-order valence-corrected chi connectivity index (χ3v) is 7.25. The van der Waals surface area contributed by atoms with E-state index in [1.807, 2.05) is 23.6 Å². The lowest BCUT2D eigenvalue weighted by atomic mass is 9.85. The van der Waals surface area contributed by atoms with Gasteiger partial charge in [-0.05, 0) is 63.7 Å². The maximum atomic E-state index is 12.9. The van der Waals surface area contributed by atoms with Gasteiger partial charge in [-0.25, -0.2) is 0 Å². The van der Waals surface area contributed by atoms with Crippen molar-refractivity contribution in [1.82, 2.24) is 9.80 Å². The van der Waals surface area contributed by atoms with E-state index in [0.29, 0.717) is 24.9 Å². The van der Waals surface area contributed by atoms with Crippen molar-refractivity contribution in [2.75, 3.05) is 26.2 Å². The molecule has 2 amide bonds. The van der Waals surface area contributed by atoms with Crippen LogP contribution < -0.4 is 0 Å². The predicted molar refractivity (Wildman–Crippen MR) is 99.4 cm³/mol. The van der Waals surface area contributed by atoms with Crippen molar-refractivity contribution in [3.05, 3.63) is 0 Å². The van der Waals surface area contributed by atoms with Crippen LogP contribution in [0.2, 0.25) is 0 Å². The molecule has 26 heavy (non-hydrogen) atoms. The maximum Gasteiger partial charge on any atom is 0.225 e. The molecule has 4 rings (SSSR count). The zero-order chi connectivity index (χ0) is 18.3. The topological polar surface area (TPSA) is 49.9 Å². The first-order chi connectivity index (χ1) is 12.5. The summed E-state index contributed by atoms with van der Waals surface area (Å²) in [7, 11) is 0. The largest absolute Gasteiger partial charge is 0.372 e. The fraction of sp³-hybridized carbons (Fsp3) is 0.905. The average Bonchev–Trinajstić information content (AvgIpc) is 3.23. The van der Waals surface area contributed by atoms with Crippen molar-refractivity contribution < 1.29 is 14.3 Å². The second kappa shape index (κ2) is 7.49. The summed E-state index contributed by atoms with van der Waals surface area (Å²) in [4.78, 5) is 29.6. The SMILES string of the molecule is CC1CN(C(=O)C2CCN(C(=O)CC3CC4CCC3C4)CC2)CC(C)O1. The first-order valence-corrected chi connectivity index (χ1v) is 10.7. The molecule has 2 bridgehead atoms. The van der Waals surface area contributed by atoms with Gasteiger partial charge in [0, 0.05) is 38.5 Å². The van der Waals surface area contributed by atoms with Gasteiger partial charge in [-0.15, -0.1) is 0 Å². The van der Waals surface area contributed by atoms with Gasteiger partial charge in [0.25, 0.3) is 0 Å². The molecule has 5 nitrogen and oxygen atoms in total. The Kier molecular flexibility index (Phi) is 5.27. The van der Waals surface area contributed by atoms with E-state index < -0.39 is 0 Å². The lowest BCUT2D eigenvalue weighted by Crippen LogP contribution is -2.51. The smallest absolute Gasteiger partial charge is 0.225 e. The lowest BCUT2D eigenvalue weighted by molar-refractivity contribution is -0.150. The van der Waals surface area contributed by atoms with Gasteiger partial charge in [0.1, 0.15) is 0 Å². The summed E-state index contributed by atoms with van der Waals surface area (Å²) in [6.45, 7) is 6.98. The van der Waals surface area contributed by atoms with Crippen molar-refractivity contribution in [3.8, 4) is 0 Å². The molecule has 0 radical (unpaired) electrons. The van der Waals surface area contributed by atoms with Crippen LogP contribution in [0.4, 0.5) is 0 Å². The number of ether oxygens (including phenoxy) is 1. The molecule has 2 saturated carbocycles. The Hall–Kier alpha value is -1.10.